The van der Waals surface area contributed by atoms with Gasteiger partial charge in [-0.3, -0.25) is 14.4 Å². The number of amides is 5. The van der Waals surface area contributed by atoms with Gasteiger partial charge >= 0.3 is 20.7 Å². The van der Waals surface area contributed by atoms with E-state index in [0.717, 1.165) is 12.1 Å². The van der Waals surface area contributed by atoms with Crippen LogP contribution < -0.4 is 21.7 Å². The number of rotatable bonds is 9. The topological polar surface area (TPSA) is 202 Å². The number of hydrogen-bond donors (Lipinski definition) is 7. The molecule has 17 heteroatoms. The maximum atomic E-state index is 14.2. The van der Waals surface area contributed by atoms with Crippen LogP contribution in [0.2, 0.25) is 0 Å². The first-order valence-electron chi connectivity index (χ1n) is 12.9. The van der Waals surface area contributed by atoms with E-state index in [9.17, 15) is 28.0 Å². The summed E-state index contributed by atoms with van der Waals surface area (Å²) in [7, 11) is -1.48. The molecule has 3 heterocycles. The molecule has 2 aliphatic rings. The van der Waals surface area contributed by atoms with E-state index in [1.54, 1.807) is 0 Å². The number of urea groups is 1. The van der Waals surface area contributed by atoms with Crippen LogP contribution in [0.4, 0.5) is 13.6 Å². The normalized spacial score (nSPS) is 21.9. The summed E-state index contributed by atoms with van der Waals surface area (Å²) in [6.45, 7) is 1.09. The third-order valence-corrected chi connectivity index (χ3v) is 7.52. The van der Waals surface area contributed by atoms with Crippen LogP contribution in [0.1, 0.15) is 35.3 Å². The molecule has 14 nitrogen and oxygen atoms in total. The predicted octanol–water partition coefficient (Wildman–Crippen LogP) is 0.0233. The molecular formula is C24H32F2N7O7P. The lowest BCUT2D eigenvalue weighted by Crippen LogP contribution is -2.60. The summed E-state index contributed by atoms with van der Waals surface area (Å²) in [4.78, 5) is 74.6. The number of primary amides is 1. The fourth-order valence-electron chi connectivity index (χ4n) is 5.21. The number of carbonyl (C=O) groups excluding carboxylic acids is 4. The molecule has 0 aliphatic carbocycles. The Morgan fingerprint density at radius 3 is 2.61 bits per heavy atom. The molecule has 0 saturated carbocycles. The van der Waals surface area contributed by atoms with Gasteiger partial charge in [-0.05, 0) is 57.1 Å². The summed E-state index contributed by atoms with van der Waals surface area (Å²) < 4.78 is 32.2. The molecule has 224 valence electrons. The molecule has 0 radical (unpaired) electrons. The third kappa shape index (κ3) is 7.26. The molecular weight excluding hydrogens is 567 g/mol. The summed E-state index contributed by atoms with van der Waals surface area (Å²) in [6, 6.07) is 2.05. The molecule has 2 saturated heterocycles. The molecule has 8 N–H and O–H groups in total. The molecule has 4 rings (SSSR count). The largest absolute Gasteiger partial charge is 0.389 e. The summed E-state index contributed by atoms with van der Waals surface area (Å²) in [6.07, 6.45) is -2.25. The van der Waals surface area contributed by atoms with Gasteiger partial charge in [0.15, 0.2) is 0 Å². The third-order valence-electron chi connectivity index (χ3n) is 7.12. The van der Waals surface area contributed by atoms with Gasteiger partial charge in [0.2, 0.25) is 11.8 Å². The van der Waals surface area contributed by atoms with Gasteiger partial charge in [-0.2, -0.15) is 8.78 Å². The summed E-state index contributed by atoms with van der Waals surface area (Å²) >= 11 is 0. The van der Waals surface area contributed by atoms with E-state index in [1.165, 1.54) is 17.0 Å². The quantitative estimate of drug-likeness (QED) is 0.154. The van der Waals surface area contributed by atoms with Crippen LogP contribution in [0.15, 0.2) is 24.3 Å². The Labute approximate surface area is 234 Å². The number of fused-ring (bicyclic) bond motifs is 2. The molecule has 5 amide bonds. The van der Waals surface area contributed by atoms with E-state index >= 15 is 0 Å². The van der Waals surface area contributed by atoms with E-state index in [1.807, 2.05) is 11.9 Å². The second kappa shape index (κ2) is 12.6. The van der Waals surface area contributed by atoms with Gasteiger partial charge in [0, 0.05) is 36.6 Å². The standard InChI is InChI=1S/C24H32F2N7O7P/c1-32-9-6-15-3-5-19(21(35)28-7-8-29-23(27)37)33(15)22(36)18(12-32)31-20(34)17-11-13-10-14(2-4-16(13)30-17)24(25,26)40-41(38)39/h2,4,10-11,15,18-19,30,38-39H,3,5-9,12H2,1H3,(H,28,35)(H,31,34)(H3,27,29,37)/t15-,18+,19+/m1/s1. The lowest BCUT2D eigenvalue weighted by molar-refractivity contribution is -0.189. The maximum absolute atomic E-state index is 14.2. The van der Waals surface area contributed by atoms with Gasteiger partial charge < -0.3 is 46.3 Å². The SMILES string of the molecule is CN1CC[C@H]2CC[C@@H](C(=O)NCCNC(N)=O)N2C(=O)[C@@H](NC(=O)c2cc3cc(C(F)(F)OP(O)O)ccc3[nH]2)C1. The van der Waals surface area contributed by atoms with Crippen molar-refractivity contribution in [1.82, 2.24) is 30.7 Å². The van der Waals surface area contributed by atoms with Crippen LogP contribution in [0.5, 0.6) is 0 Å². The predicted molar refractivity (Wildman–Crippen MR) is 142 cm³/mol. The van der Waals surface area contributed by atoms with Gasteiger partial charge in [-0.15, -0.1) is 0 Å². The molecule has 0 unspecified atom stereocenters. The molecule has 41 heavy (non-hydrogen) atoms. The molecule has 3 atom stereocenters. The van der Waals surface area contributed by atoms with Gasteiger partial charge in [0.25, 0.3) is 5.91 Å². The first-order valence-corrected chi connectivity index (χ1v) is 14.0. The van der Waals surface area contributed by atoms with Crippen molar-refractivity contribution in [1.29, 1.82) is 0 Å². The zero-order valence-corrected chi connectivity index (χ0v) is 23.0. The number of likely N-dealkylation sites (N-methyl/N-ethyl adjacent to an activating group) is 1. The minimum Gasteiger partial charge on any atom is -0.353 e. The van der Waals surface area contributed by atoms with E-state index in [2.05, 4.69) is 25.5 Å². The number of benzene rings is 1. The Morgan fingerprint density at radius 2 is 1.90 bits per heavy atom. The number of halogens is 2. The second-order valence-corrected chi connectivity index (χ2v) is 10.7. The number of aromatic amines is 1. The molecule has 2 fully saturated rings. The average molecular weight is 600 g/mol. The van der Waals surface area contributed by atoms with Crippen molar-refractivity contribution in [3.63, 3.8) is 0 Å². The van der Waals surface area contributed by atoms with Crippen molar-refractivity contribution in [3.8, 4) is 0 Å². The number of nitrogens with two attached hydrogens (primary N) is 1. The highest BCUT2D eigenvalue weighted by Crippen LogP contribution is 2.42. The summed E-state index contributed by atoms with van der Waals surface area (Å²) in [5, 5.41) is 8.04. The molecule has 2 aromatic rings. The highest BCUT2D eigenvalue weighted by molar-refractivity contribution is 7.39. The molecule has 1 aromatic carbocycles. The van der Waals surface area contributed by atoms with Gasteiger partial charge in [-0.25, -0.2) is 9.32 Å². The molecule has 2 aliphatic heterocycles. The van der Waals surface area contributed by atoms with Crippen molar-refractivity contribution in [2.75, 3.05) is 33.2 Å². The number of nitrogens with one attached hydrogen (secondary N) is 4. The van der Waals surface area contributed by atoms with Gasteiger partial charge in [-0.1, -0.05) is 0 Å². The fraction of sp³-hybridized carbons (Fsp3) is 0.500. The van der Waals surface area contributed by atoms with Gasteiger partial charge in [0.1, 0.15) is 17.8 Å². The minimum absolute atomic E-state index is 0.0136. The number of hydrogen-bond acceptors (Lipinski definition) is 8. The fourth-order valence-corrected chi connectivity index (χ4v) is 5.52. The Morgan fingerprint density at radius 1 is 1.17 bits per heavy atom. The van der Waals surface area contributed by atoms with E-state index in [0.29, 0.717) is 31.3 Å². The Bertz CT molecular complexity index is 1310. The maximum Gasteiger partial charge on any atom is 0.389 e. The number of carbonyl (C=O) groups is 4. The lowest BCUT2D eigenvalue weighted by Gasteiger charge is -2.37. The highest BCUT2D eigenvalue weighted by atomic mass is 31.2. The monoisotopic (exact) mass is 599 g/mol. The van der Waals surface area contributed by atoms with Crippen molar-refractivity contribution < 1.29 is 42.3 Å². The zero-order valence-electron chi connectivity index (χ0n) is 22.1. The van der Waals surface area contributed by atoms with Crippen molar-refractivity contribution in [2.24, 2.45) is 5.73 Å². The number of nitrogens with zero attached hydrogens (tertiary/aromatic N) is 2. The first-order chi connectivity index (χ1) is 19.4. The number of H-pyrrole nitrogens is 1. The van der Waals surface area contributed by atoms with Crippen LogP contribution in [-0.4, -0.2) is 99.7 Å². The van der Waals surface area contributed by atoms with Crippen molar-refractivity contribution in [2.45, 2.75) is 43.5 Å². The van der Waals surface area contributed by atoms with Crippen LogP contribution in [0.25, 0.3) is 10.9 Å². The van der Waals surface area contributed by atoms with E-state index in [4.69, 9.17) is 15.5 Å². The van der Waals surface area contributed by atoms with E-state index in [-0.39, 0.29) is 42.7 Å². The van der Waals surface area contributed by atoms with Crippen molar-refractivity contribution >= 4 is 43.3 Å². The lowest BCUT2D eigenvalue weighted by atomic mass is 10.1. The van der Waals surface area contributed by atoms with Crippen LogP contribution in [-0.2, 0) is 20.2 Å². The number of aromatic nitrogens is 1. The minimum atomic E-state index is -3.97. The summed E-state index contributed by atoms with van der Waals surface area (Å²) in [5.74, 6) is -1.43. The van der Waals surface area contributed by atoms with E-state index < -0.39 is 50.2 Å². The molecule has 0 spiro atoms. The van der Waals surface area contributed by atoms with Crippen LogP contribution in [0, 0.1) is 0 Å². The Kier molecular flexibility index (Phi) is 9.39. The van der Waals surface area contributed by atoms with Crippen LogP contribution >= 0.6 is 8.60 Å². The Balaban J connectivity index is 1.49. The average Bonchev–Trinajstić information content (AvgIpc) is 3.51. The second-order valence-electron chi connectivity index (χ2n) is 10.00. The van der Waals surface area contributed by atoms with Crippen LogP contribution in [0.3, 0.4) is 0 Å². The highest BCUT2D eigenvalue weighted by Gasteiger charge is 2.44. The molecule has 0 bridgehead atoms. The summed E-state index contributed by atoms with van der Waals surface area (Å²) in [5.41, 5.74) is 4.76. The number of alkyl halides is 2. The van der Waals surface area contributed by atoms with Crippen molar-refractivity contribution in [3.05, 3.63) is 35.5 Å². The zero-order chi connectivity index (χ0) is 29.9. The smallest absolute Gasteiger partial charge is 0.353 e. The Hall–Kier alpha value is -3.43. The van der Waals surface area contributed by atoms with Gasteiger partial charge in [0.05, 0.1) is 5.56 Å². The first kappa shape index (κ1) is 30.5. The molecule has 1 aromatic heterocycles.